The summed E-state index contributed by atoms with van der Waals surface area (Å²) in [5.74, 6) is -0.0559. The van der Waals surface area contributed by atoms with Crippen LogP contribution >= 0.6 is 0 Å². The number of amides is 1. The third-order valence-electron chi connectivity index (χ3n) is 3.36. The molecule has 1 saturated carbocycles. The van der Waals surface area contributed by atoms with E-state index in [9.17, 15) is 4.79 Å². The summed E-state index contributed by atoms with van der Waals surface area (Å²) in [6, 6.07) is 10.2. The maximum atomic E-state index is 12.1. The lowest BCUT2D eigenvalue weighted by molar-refractivity contribution is -0.141. The first-order valence-corrected chi connectivity index (χ1v) is 6.29. The minimum Gasteiger partial charge on any atom is -0.379 e. The summed E-state index contributed by atoms with van der Waals surface area (Å²) in [5, 5.41) is 7.03. The van der Waals surface area contributed by atoms with Gasteiger partial charge in [-0.1, -0.05) is 35.5 Å². The summed E-state index contributed by atoms with van der Waals surface area (Å²) in [7, 11) is 0. The highest BCUT2D eigenvalue weighted by atomic mass is 16.7. The predicted octanol–water partition coefficient (Wildman–Crippen LogP) is 1.85. The Morgan fingerprint density at radius 3 is 2.78 bits per heavy atom. The van der Waals surface area contributed by atoms with Crippen LogP contribution in [0, 0.1) is 0 Å². The summed E-state index contributed by atoms with van der Waals surface area (Å²) in [4.78, 5) is 17.5. The van der Waals surface area contributed by atoms with E-state index < -0.39 is 5.60 Å². The van der Waals surface area contributed by atoms with Crippen molar-refractivity contribution in [3.8, 4) is 0 Å². The van der Waals surface area contributed by atoms with Crippen LogP contribution in [0.25, 0.3) is 0 Å². The van der Waals surface area contributed by atoms with E-state index >= 15 is 0 Å². The van der Waals surface area contributed by atoms with Gasteiger partial charge in [0.05, 0.1) is 5.71 Å². The topological polar surface area (TPSA) is 50.7 Å². The van der Waals surface area contributed by atoms with E-state index in [4.69, 9.17) is 4.84 Å². The van der Waals surface area contributed by atoms with Crippen LogP contribution < -0.4 is 5.32 Å². The Hall–Kier alpha value is -1.84. The van der Waals surface area contributed by atoms with E-state index in [-0.39, 0.29) is 5.91 Å². The molecule has 0 unspecified atom stereocenters. The summed E-state index contributed by atoms with van der Waals surface area (Å²) in [5.41, 5.74) is 0.998. The van der Waals surface area contributed by atoms with Gasteiger partial charge >= 0.3 is 0 Å². The number of hydrogen-bond acceptors (Lipinski definition) is 3. The zero-order valence-electron chi connectivity index (χ0n) is 10.3. The number of nitrogens with zero attached hydrogens (tertiary/aromatic N) is 1. The van der Waals surface area contributed by atoms with Crippen LogP contribution in [0.5, 0.6) is 0 Å². The smallest absolute Gasteiger partial charge is 0.267 e. The average molecular weight is 244 g/mol. The van der Waals surface area contributed by atoms with Gasteiger partial charge < -0.3 is 10.2 Å². The molecule has 1 aromatic rings. The lowest BCUT2D eigenvalue weighted by Crippen LogP contribution is -2.45. The highest BCUT2D eigenvalue weighted by Crippen LogP contribution is 2.28. The summed E-state index contributed by atoms with van der Waals surface area (Å²) < 4.78 is 0. The summed E-state index contributed by atoms with van der Waals surface area (Å²) in [6.45, 7) is 1.80. The van der Waals surface area contributed by atoms with Crippen molar-refractivity contribution in [1.29, 1.82) is 0 Å². The predicted molar refractivity (Wildman–Crippen MR) is 68.3 cm³/mol. The molecular weight excluding hydrogens is 228 g/mol. The van der Waals surface area contributed by atoms with Gasteiger partial charge in [0.1, 0.15) is 0 Å². The summed E-state index contributed by atoms with van der Waals surface area (Å²) in [6.07, 6.45) is 2.68. The molecule has 18 heavy (non-hydrogen) atoms. The minimum absolute atomic E-state index is 0.0559. The van der Waals surface area contributed by atoms with Crippen molar-refractivity contribution in [1.82, 2.24) is 5.32 Å². The van der Waals surface area contributed by atoms with Crippen LogP contribution in [-0.2, 0) is 9.63 Å². The maximum absolute atomic E-state index is 12.1. The summed E-state index contributed by atoms with van der Waals surface area (Å²) >= 11 is 0. The molecule has 4 nitrogen and oxygen atoms in total. The molecule has 0 aromatic heterocycles. The van der Waals surface area contributed by atoms with Gasteiger partial charge in [-0.05, 0) is 25.3 Å². The van der Waals surface area contributed by atoms with Crippen LogP contribution in [0.15, 0.2) is 35.5 Å². The zero-order chi connectivity index (χ0) is 12.6. The highest BCUT2D eigenvalue weighted by molar-refractivity contribution is 6.05. The molecule has 0 spiro atoms. The number of hydrogen-bond donors (Lipinski definition) is 1. The van der Waals surface area contributed by atoms with Gasteiger partial charge in [0, 0.05) is 12.5 Å². The van der Waals surface area contributed by atoms with Gasteiger partial charge in [-0.3, -0.25) is 4.79 Å². The fourth-order valence-corrected chi connectivity index (χ4v) is 2.01. The second kappa shape index (κ2) is 4.12. The molecule has 0 radical (unpaired) electrons. The highest BCUT2D eigenvalue weighted by Gasteiger charge is 2.43. The van der Waals surface area contributed by atoms with E-state index in [1.165, 1.54) is 0 Å². The molecule has 1 fully saturated rings. The van der Waals surface area contributed by atoms with Crippen LogP contribution in [0.3, 0.4) is 0 Å². The Morgan fingerprint density at radius 1 is 1.39 bits per heavy atom. The number of carbonyl (C=O) groups excluding carboxylic acids is 1. The fraction of sp³-hybridized carbons (Fsp3) is 0.429. The molecule has 1 atom stereocenters. The molecule has 3 rings (SSSR count). The number of carbonyl (C=O) groups is 1. The molecular formula is C14H16N2O2. The van der Waals surface area contributed by atoms with Gasteiger partial charge in [0.15, 0.2) is 0 Å². The van der Waals surface area contributed by atoms with Crippen molar-refractivity contribution in [2.24, 2.45) is 5.16 Å². The molecule has 1 amide bonds. The monoisotopic (exact) mass is 244 g/mol. The Morgan fingerprint density at radius 2 is 2.11 bits per heavy atom. The van der Waals surface area contributed by atoms with Gasteiger partial charge in [-0.25, -0.2) is 0 Å². The van der Waals surface area contributed by atoms with Crippen LogP contribution in [0.2, 0.25) is 0 Å². The first-order valence-electron chi connectivity index (χ1n) is 6.29. The Balaban J connectivity index is 1.70. The maximum Gasteiger partial charge on any atom is 0.267 e. The van der Waals surface area contributed by atoms with Gasteiger partial charge in [-0.15, -0.1) is 0 Å². The van der Waals surface area contributed by atoms with Gasteiger partial charge in [0.2, 0.25) is 5.60 Å². The lowest BCUT2D eigenvalue weighted by Gasteiger charge is -2.20. The Bertz CT molecular complexity index is 494. The number of rotatable bonds is 3. The van der Waals surface area contributed by atoms with E-state index in [0.29, 0.717) is 12.5 Å². The third kappa shape index (κ3) is 2.10. The van der Waals surface area contributed by atoms with Crippen molar-refractivity contribution in [2.45, 2.75) is 37.8 Å². The first kappa shape index (κ1) is 11.3. The van der Waals surface area contributed by atoms with E-state index in [1.54, 1.807) is 6.92 Å². The van der Waals surface area contributed by atoms with E-state index in [1.807, 2.05) is 30.3 Å². The molecule has 2 aliphatic rings. The minimum atomic E-state index is -0.853. The van der Waals surface area contributed by atoms with Crippen LogP contribution in [0.1, 0.15) is 31.7 Å². The first-order chi connectivity index (χ1) is 8.67. The van der Waals surface area contributed by atoms with Crippen molar-refractivity contribution >= 4 is 11.6 Å². The number of benzene rings is 1. The Kier molecular flexibility index (Phi) is 2.58. The molecule has 1 heterocycles. The molecule has 94 valence electrons. The van der Waals surface area contributed by atoms with Crippen molar-refractivity contribution in [3.63, 3.8) is 0 Å². The third-order valence-corrected chi connectivity index (χ3v) is 3.36. The van der Waals surface area contributed by atoms with E-state index in [2.05, 4.69) is 10.5 Å². The largest absolute Gasteiger partial charge is 0.379 e. The van der Waals surface area contributed by atoms with Crippen molar-refractivity contribution in [3.05, 3.63) is 35.9 Å². The quantitative estimate of drug-likeness (QED) is 0.882. The SMILES string of the molecule is C[C@@]1(C(=O)NC2CC2)CC(c2ccccc2)=NO1. The fourth-order valence-electron chi connectivity index (χ4n) is 2.01. The van der Waals surface area contributed by atoms with Crippen molar-refractivity contribution in [2.75, 3.05) is 0 Å². The number of nitrogens with one attached hydrogen (secondary N) is 1. The average Bonchev–Trinajstić information content (AvgIpc) is 3.11. The molecule has 1 aliphatic heterocycles. The molecule has 0 bridgehead atoms. The number of oxime groups is 1. The lowest BCUT2D eigenvalue weighted by atomic mass is 9.95. The molecule has 1 aliphatic carbocycles. The second-order valence-electron chi connectivity index (χ2n) is 5.15. The van der Waals surface area contributed by atoms with Crippen LogP contribution in [0.4, 0.5) is 0 Å². The normalized spacial score (nSPS) is 26.4. The molecule has 1 N–H and O–H groups in total. The second-order valence-corrected chi connectivity index (χ2v) is 5.15. The standard InChI is InChI=1S/C14H16N2O2/c1-14(13(17)15-11-7-8-11)9-12(16-18-14)10-5-3-2-4-6-10/h2-6,11H,7-9H2,1H3,(H,15,17)/t14-/m0/s1. The zero-order valence-corrected chi connectivity index (χ0v) is 10.3. The molecule has 4 heteroatoms. The van der Waals surface area contributed by atoms with Crippen LogP contribution in [-0.4, -0.2) is 23.3 Å². The molecule has 1 aromatic carbocycles. The Labute approximate surface area is 106 Å². The van der Waals surface area contributed by atoms with Crippen molar-refractivity contribution < 1.29 is 9.63 Å². The molecule has 0 saturated heterocycles. The van der Waals surface area contributed by atoms with E-state index in [0.717, 1.165) is 24.1 Å². The van der Waals surface area contributed by atoms with Gasteiger partial charge in [0.25, 0.3) is 5.91 Å². The van der Waals surface area contributed by atoms with Gasteiger partial charge in [-0.2, -0.15) is 0 Å².